The van der Waals surface area contributed by atoms with Crippen LogP contribution in [0.1, 0.15) is 105 Å². The van der Waals surface area contributed by atoms with Crippen molar-refractivity contribution in [1.29, 1.82) is 0 Å². The summed E-state index contributed by atoms with van der Waals surface area (Å²) >= 11 is 14.8. The van der Waals surface area contributed by atoms with Crippen LogP contribution in [0.2, 0.25) is 10.0 Å². The van der Waals surface area contributed by atoms with E-state index in [1.807, 2.05) is 59.7 Å². The average Bonchev–Trinajstić information content (AvgIpc) is 3.78. The molecule has 0 spiro atoms. The monoisotopic (exact) mass is 848 g/mol. The van der Waals surface area contributed by atoms with Crippen molar-refractivity contribution in [2.45, 2.75) is 135 Å². The predicted octanol–water partition coefficient (Wildman–Crippen LogP) is 9.78. The Morgan fingerprint density at radius 1 is 0.947 bits per heavy atom. The number of pyridine rings is 1. The Labute approximate surface area is 353 Å². The van der Waals surface area contributed by atoms with Crippen LogP contribution in [-0.2, 0) is 35.1 Å². The molecule has 0 radical (unpaired) electrons. The molecule has 0 amide bonds. The summed E-state index contributed by atoms with van der Waals surface area (Å²) in [4.78, 5) is 48.6. The van der Waals surface area contributed by atoms with E-state index in [1.165, 1.54) is 11.8 Å². The van der Waals surface area contributed by atoms with Crippen molar-refractivity contribution >= 4 is 58.4 Å². The molecule has 0 bridgehead atoms. The van der Waals surface area contributed by atoms with Gasteiger partial charge in [-0.2, -0.15) is 0 Å². The third kappa shape index (κ3) is 10.5. The van der Waals surface area contributed by atoms with E-state index in [0.717, 1.165) is 36.9 Å². The van der Waals surface area contributed by atoms with Gasteiger partial charge in [0.1, 0.15) is 17.1 Å². The van der Waals surface area contributed by atoms with Crippen molar-refractivity contribution in [1.82, 2.24) is 4.98 Å². The second-order valence-electron chi connectivity index (χ2n) is 17.0. The van der Waals surface area contributed by atoms with Gasteiger partial charge >= 0.3 is 11.9 Å². The number of carbonyl (C=O) groups is 3. The average molecular weight is 850 g/mol. The van der Waals surface area contributed by atoms with Crippen molar-refractivity contribution in [2.24, 2.45) is 29.6 Å². The fourth-order valence-corrected chi connectivity index (χ4v) is 11.5. The van der Waals surface area contributed by atoms with E-state index in [2.05, 4.69) is 16.8 Å². The Hall–Kier alpha value is -2.73. The van der Waals surface area contributed by atoms with E-state index in [-0.39, 0.29) is 35.6 Å². The van der Waals surface area contributed by atoms with Crippen molar-refractivity contribution in [3.8, 4) is 11.5 Å². The lowest BCUT2D eigenvalue weighted by atomic mass is 9.70. The summed E-state index contributed by atoms with van der Waals surface area (Å²) < 4.78 is 30.8. The van der Waals surface area contributed by atoms with Crippen LogP contribution in [0.4, 0.5) is 5.69 Å². The minimum atomic E-state index is -1.23. The predicted molar refractivity (Wildman–Crippen MR) is 227 cm³/mol. The number of hydrogen-bond acceptors (Lipinski definition) is 11. The Morgan fingerprint density at radius 3 is 2.26 bits per heavy atom. The van der Waals surface area contributed by atoms with E-state index in [4.69, 9.17) is 46.9 Å². The first kappa shape index (κ1) is 45.4. The minimum Gasteiger partial charge on any atom is -0.493 e. The van der Waals surface area contributed by atoms with Crippen molar-refractivity contribution in [2.75, 3.05) is 31.4 Å². The van der Waals surface area contributed by atoms with Crippen LogP contribution in [0.25, 0.3) is 0 Å². The maximum absolute atomic E-state index is 14.5. The number of benzene rings is 1. The number of cyclic esters (lactones) is 1. The molecule has 3 heterocycles. The van der Waals surface area contributed by atoms with E-state index < -0.39 is 40.4 Å². The molecule has 5 rings (SSSR count). The van der Waals surface area contributed by atoms with Crippen molar-refractivity contribution in [3.05, 3.63) is 46.2 Å². The summed E-state index contributed by atoms with van der Waals surface area (Å²) in [6.07, 6.45) is 9.05. The topological polar surface area (TPSA) is 113 Å². The molecule has 13 heteroatoms. The lowest BCUT2D eigenvalue weighted by Gasteiger charge is -2.41. The van der Waals surface area contributed by atoms with Crippen LogP contribution in [-0.4, -0.2) is 77.9 Å². The number of ketones is 1. The molecule has 2 aromatic rings. The molecule has 10 nitrogen and oxygen atoms in total. The number of aromatic nitrogens is 1. The molecule has 1 aromatic carbocycles. The lowest BCUT2D eigenvalue weighted by molar-refractivity contribution is -0.183. The molecule has 0 N–H and O–H groups in total. The molecule has 316 valence electrons. The Bertz CT molecular complexity index is 1710. The third-order valence-electron chi connectivity index (χ3n) is 12.5. The number of carbonyl (C=O) groups excluding carboxylic acids is 3. The number of fused-ring (bicyclic) bond motifs is 1. The van der Waals surface area contributed by atoms with Gasteiger partial charge in [-0.25, -0.2) is 0 Å². The van der Waals surface area contributed by atoms with E-state index >= 15 is 0 Å². The van der Waals surface area contributed by atoms with Gasteiger partial charge in [0.2, 0.25) is 0 Å². The number of nitrogens with zero attached hydrogens (tertiary/aromatic N) is 2. The zero-order valence-electron chi connectivity index (χ0n) is 35.1. The first-order chi connectivity index (χ1) is 27.0. The third-order valence-corrected chi connectivity index (χ3v) is 14.4. The van der Waals surface area contributed by atoms with E-state index in [1.54, 1.807) is 26.6 Å². The molecular weight excluding hydrogens is 787 g/mol. The standard InChI is InChI=1S/C44H62Cl2N2O8S/c1-10-37-44(7)38(29(5)39(49)28(4)22-43(6,53-9)21-26(2)19-27(3)41(50)55-37)40(42(51)56-44)57-18-17-48(25-32-33(45)23-47-24-34(32)46)30-15-16-35(52-8)36(20-30)54-31-13-11-12-14-31/h15-16,20,23-24,26-29,31,37-38,40H,10-14,17-19,21-22,25H2,1-9H3/t26-,27+,28+,29+,37+,38-,40-,43-,44+/m0/s1. The summed E-state index contributed by atoms with van der Waals surface area (Å²) in [7, 11) is 3.32. The molecule has 1 aliphatic carbocycles. The Kier molecular flexibility index (Phi) is 15.6. The number of Topliss-reactive ketones (excluding diaryl/α,β-unsaturated/α-hetero) is 1. The molecular formula is C44H62Cl2N2O8S. The number of hydrogen-bond donors (Lipinski definition) is 0. The Morgan fingerprint density at radius 2 is 1.63 bits per heavy atom. The molecule has 1 aromatic heterocycles. The fourth-order valence-electron chi connectivity index (χ4n) is 9.52. The zero-order valence-corrected chi connectivity index (χ0v) is 37.4. The number of rotatable bonds is 12. The van der Waals surface area contributed by atoms with Crippen LogP contribution in [0.15, 0.2) is 30.6 Å². The van der Waals surface area contributed by atoms with Gasteiger partial charge in [-0.15, -0.1) is 11.8 Å². The maximum Gasteiger partial charge on any atom is 0.320 e. The number of thioether (sulfide) groups is 1. The van der Waals surface area contributed by atoms with Gasteiger partial charge in [0.25, 0.3) is 0 Å². The molecule has 2 saturated heterocycles. The number of anilines is 1. The molecule has 2 aliphatic heterocycles. The number of ether oxygens (including phenoxy) is 5. The molecule has 9 atom stereocenters. The fraction of sp³-hybridized carbons (Fsp3) is 0.682. The molecule has 57 heavy (non-hydrogen) atoms. The highest BCUT2D eigenvalue weighted by atomic mass is 35.5. The van der Waals surface area contributed by atoms with Gasteiger partial charge in [-0.1, -0.05) is 57.8 Å². The molecule has 1 saturated carbocycles. The highest BCUT2D eigenvalue weighted by molar-refractivity contribution is 8.00. The van der Waals surface area contributed by atoms with Crippen LogP contribution in [0, 0.1) is 29.6 Å². The summed E-state index contributed by atoms with van der Waals surface area (Å²) in [6, 6.07) is 5.87. The first-order valence-corrected chi connectivity index (χ1v) is 22.4. The van der Waals surface area contributed by atoms with E-state index in [0.29, 0.717) is 66.1 Å². The highest BCUT2D eigenvalue weighted by Crippen LogP contribution is 2.49. The van der Waals surface area contributed by atoms with E-state index in [9.17, 15) is 14.4 Å². The van der Waals surface area contributed by atoms with Gasteiger partial charge in [0.05, 0.1) is 34.8 Å². The smallest absolute Gasteiger partial charge is 0.320 e. The summed E-state index contributed by atoms with van der Waals surface area (Å²) in [5, 5.41) is 0.196. The maximum atomic E-state index is 14.5. The molecule has 3 fully saturated rings. The summed E-state index contributed by atoms with van der Waals surface area (Å²) in [5.74, 6) is -0.608. The SMILES string of the molecule is CC[C@H]1OC(=O)[C@H](C)C[C@H](C)C[C@](C)(OC)C[C@@H](C)C(=O)[C@H](C)[C@H]2[C@H](SCCN(Cc3c(Cl)cncc3Cl)c3ccc(OC)c(OC4CCCC4)c3)C(=O)O[C@@]21C. The quantitative estimate of drug-likeness (QED) is 0.190. The van der Waals surface area contributed by atoms with Crippen LogP contribution >= 0.6 is 35.0 Å². The van der Waals surface area contributed by atoms with Crippen LogP contribution in [0.5, 0.6) is 11.5 Å². The van der Waals surface area contributed by atoms with Gasteiger partial charge in [0, 0.05) is 73.4 Å². The summed E-state index contributed by atoms with van der Waals surface area (Å²) in [5.41, 5.74) is -0.210. The number of methoxy groups -OCH3 is 2. The Balaban J connectivity index is 1.47. The van der Waals surface area contributed by atoms with Gasteiger partial charge in [-0.3, -0.25) is 19.4 Å². The molecule has 3 aliphatic rings. The zero-order chi connectivity index (χ0) is 41.7. The first-order valence-electron chi connectivity index (χ1n) is 20.5. The largest absolute Gasteiger partial charge is 0.493 e. The highest BCUT2D eigenvalue weighted by Gasteiger charge is 2.61. The number of halogens is 2. The van der Waals surface area contributed by atoms with Crippen molar-refractivity contribution < 1.29 is 38.1 Å². The minimum absolute atomic E-state index is 0.0364. The van der Waals surface area contributed by atoms with Crippen LogP contribution < -0.4 is 14.4 Å². The van der Waals surface area contributed by atoms with Crippen LogP contribution in [0.3, 0.4) is 0 Å². The van der Waals surface area contributed by atoms with Gasteiger partial charge < -0.3 is 28.6 Å². The second kappa shape index (κ2) is 19.6. The second-order valence-corrected chi connectivity index (χ2v) is 19.1. The normalized spacial score (nSPS) is 31.6. The molecule has 0 unspecified atom stereocenters. The van der Waals surface area contributed by atoms with Gasteiger partial charge in [0.15, 0.2) is 17.1 Å². The number of esters is 2. The lowest BCUT2D eigenvalue weighted by Crippen LogP contribution is -2.52. The van der Waals surface area contributed by atoms with Gasteiger partial charge in [-0.05, 0) is 83.3 Å². The summed E-state index contributed by atoms with van der Waals surface area (Å²) in [6.45, 7) is 14.5. The van der Waals surface area contributed by atoms with Crippen molar-refractivity contribution in [3.63, 3.8) is 0 Å².